The molecule has 1 aromatic heterocycles. The van der Waals surface area contributed by atoms with Crippen LogP contribution >= 0.6 is 0 Å². The Labute approximate surface area is 120 Å². The molecule has 112 valence electrons. The highest BCUT2D eigenvalue weighted by Crippen LogP contribution is 2.27. The first-order valence-corrected chi connectivity index (χ1v) is 7.29. The maximum absolute atomic E-state index is 12.4. The normalized spacial score (nSPS) is 11.1. The van der Waals surface area contributed by atoms with Gasteiger partial charge in [0.15, 0.2) is 0 Å². The van der Waals surface area contributed by atoms with Crippen molar-refractivity contribution in [2.45, 2.75) is 4.90 Å². The predicted octanol–water partition coefficient (Wildman–Crippen LogP) is 1.17. The summed E-state index contributed by atoms with van der Waals surface area (Å²) in [4.78, 5) is 9.94. The summed E-state index contributed by atoms with van der Waals surface area (Å²) >= 11 is 0. The van der Waals surface area contributed by atoms with Gasteiger partial charge < -0.3 is 5.32 Å². The van der Waals surface area contributed by atoms with Crippen molar-refractivity contribution in [3.05, 3.63) is 40.7 Å². The Hall–Kier alpha value is -2.62. The maximum atomic E-state index is 12.4. The fourth-order valence-corrected chi connectivity index (χ4v) is 3.00. The van der Waals surface area contributed by atoms with E-state index in [4.69, 9.17) is 0 Å². The molecule has 0 aliphatic carbocycles. The van der Waals surface area contributed by atoms with Crippen LogP contribution in [0, 0.1) is 10.1 Å². The van der Waals surface area contributed by atoms with Crippen LogP contribution in [0.3, 0.4) is 0 Å². The van der Waals surface area contributed by atoms with Gasteiger partial charge in [-0.05, 0) is 6.07 Å². The summed E-state index contributed by atoms with van der Waals surface area (Å²) in [6.07, 6.45) is 2.82. The molecule has 10 heteroatoms. The molecule has 0 saturated heterocycles. The average Bonchev–Trinajstić information content (AvgIpc) is 2.82. The molecule has 2 rings (SSSR count). The van der Waals surface area contributed by atoms with Gasteiger partial charge in [0.1, 0.15) is 4.90 Å². The molecule has 0 saturated carbocycles. The molecule has 0 bridgehead atoms. The van der Waals surface area contributed by atoms with Crippen LogP contribution in [0.2, 0.25) is 0 Å². The number of nitro groups is 1. The van der Waals surface area contributed by atoms with Crippen LogP contribution in [0.15, 0.2) is 35.5 Å². The van der Waals surface area contributed by atoms with Crippen LogP contribution in [0.4, 0.5) is 17.1 Å². The molecule has 1 aromatic carbocycles. The summed E-state index contributed by atoms with van der Waals surface area (Å²) in [6, 6.07) is 3.58. The molecule has 9 nitrogen and oxygen atoms in total. The number of hydrogen-bond acceptors (Lipinski definition) is 6. The Bertz CT molecular complexity index is 784. The van der Waals surface area contributed by atoms with E-state index in [0.717, 1.165) is 6.07 Å². The minimum absolute atomic E-state index is 0.206. The molecule has 2 N–H and O–H groups in total. The van der Waals surface area contributed by atoms with Crippen molar-refractivity contribution in [2.24, 2.45) is 7.05 Å². The van der Waals surface area contributed by atoms with Crippen molar-refractivity contribution >= 4 is 27.1 Å². The largest absolute Gasteiger partial charge is 0.387 e. The first-order chi connectivity index (χ1) is 9.83. The number of rotatable bonds is 5. The number of aryl methyl sites for hydroxylation is 1. The summed E-state index contributed by atoms with van der Waals surface area (Å²) in [5.74, 6) is 0. The van der Waals surface area contributed by atoms with Crippen molar-refractivity contribution in [1.29, 1.82) is 0 Å². The number of non-ortho nitro benzene ring substituents is 1. The summed E-state index contributed by atoms with van der Waals surface area (Å²) in [5, 5.41) is 17.3. The number of nitro benzene ring substituents is 1. The van der Waals surface area contributed by atoms with Gasteiger partial charge in [0.2, 0.25) is 0 Å². The van der Waals surface area contributed by atoms with Crippen molar-refractivity contribution in [2.75, 3.05) is 17.1 Å². The van der Waals surface area contributed by atoms with Gasteiger partial charge in [-0.1, -0.05) is 0 Å². The Morgan fingerprint density at radius 2 is 2.10 bits per heavy atom. The lowest BCUT2D eigenvalue weighted by Crippen LogP contribution is -2.14. The summed E-state index contributed by atoms with van der Waals surface area (Å²) < 4.78 is 28.5. The molecule has 0 unspecified atom stereocenters. The van der Waals surface area contributed by atoms with E-state index in [1.165, 1.54) is 36.3 Å². The highest BCUT2D eigenvalue weighted by Gasteiger charge is 2.22. The van der Waals surface area contributed by atoms with E-state index >= 15 is 0 Å². The summed E-state index contributed by atoms with van der Waals surface area (Å²) in [6.45, 7) is 0. The number of benzene rings is 1. The van der Waals surface area contributed by atoms with Crippen molar-refractivity contribution < 1.29 is 13.3 Å². The second-order valence-corrected chi connectivity index (χ2v) is 5.85. The molecule has 0 aliphatic heterocycles. The molecule has 0 radical (unpaired) electrons. The Morgan fingerprint density at radius 1 is 1.38 bits per heavy atom. The van der Waals surface area contributed by atoms with Crippen LogP contribution in [0.1, 0.15) is 0 Å². The van der Waals surface area contributed by atoms with E-state index in [0.29, 0.717) is 0 Å². The second-order valence-electron chi connectivity index (χ2n) is 4.20. The predicted molar refractivity (Wildman–Crippen MR) is 76.7 cm³/mol. The lowest BCUT2D eigenvalue weighted by molar-refractivity contribution is -0.385. The standard InChI is InChI=1S/C11H13N5O4S/c1-12-10-4-3-9(16(17)18)5-11(10)21(19,20)14-8-6-13-15(2)7-8/h3-7,12,14H,1-2H3. The molecular formula is C11H13N5O4S. The van der Waals surface area contributed by atoms with E-state index < -0.39 is 14.9 Å². The number of nitrogens with one attached hydrogen (secondary N) is 2. The fraction of sp³-hybridized carbons (Fsp3) is 0.182. The molecule has 0 spiro atoms. The maximum Gasteiger partial charge on any atom is 0.270 e. The minimum Gasteiger partial charge on any atom is -0.387 e. The van der Waals surface area contributed by atoms with Crippen LogP contribution in [0.25, 0.3) is 0 Å². The molecule has 0 atom stereocenters. The number of anilines is 2. The third-order valence-corrected chi connectivity index (χ3v) is 4.11. The van der Waals surface area contributed by atoms with Gasteiger partial charge in [-0.3, -0.25) is 19.5 Å². The van der Waals surface area contributed by atoms with Crippen LogP contribution in [-0.4, -0.2) is 30.2 Å². The zero-order valence-electron chi connectivity index (χ0n) is 11.3. The SMILES string of the molecule is CNc1ccc([N+](=O)[O-])cc1S(=O)(=O)Nc1cnn(C)c1. The molecule has 0 aliphatic rings. The highest BCUT2D eigenvalue weighted by molar-refractivity contribution is 7.92. The lowest BCUT2D eigenvalue weighted by atomic mass is 10.3. The topological polar surface area (TPSA) is 119 Å². The lowest BCUT2D eigenvalue weighted by Gasteiger charge is -2.10. The van der Waals surface area contributed by atoms with E-state index in [-0.39, 0.29) is 22.0 Å². The first kappa shape index (κ1) is 14.8. The highest BCUT2D eigenvalue weighted by atomic mass is 32.2. The zero-order chi connectivity index (χ0) is 15.6. The summed E-state index contributed by atoms with van der Waals surface area (Å²) in [5.41, 5.74) is 0.226. The molecular weight excluding hydrogens is 298 g/mol. The Morgan fingerprint density at radius 3 is 2.62 bits per heavy atom. The molecule has 21 heavy (non-hydrogen) atoms. The Kier molecular flexibility index (Phi) is 3.80. The number of nitrogens with zero attached hydrogens (tertiary/aromatic N) is 3. The number of aromatic nitrogens is 2. The average molecular weight is 311 g/mol. The van der Waals surface area contributed by atoms with Gasteiger partial charge in [-0.2, -0.15) is 5.10 Å². The quantitative estimate of drug-likeness (QED) is 0.632. The molecule has 0 fully saturated rings. The van der Waals surface area contributed by atoms with Crippen molar-refractivity contribution in [1.82, 2.24) is 9.78 Å². The van der Waals surface area contributed by atoms with Gasteiger partial charge in [-0.25, -0.2) is 8.42 Å². The van der Waals surface area contributed by atoms with Gasteiger partial charge >= 0.3 is 0 Å². The second kappa shape index (κ2) is 5.40. The van der Waals surface area contributed by atoms with E-state index in [9.17, 15) is 18.5 Å². The smallest absolute Gasteiger partial charge is 0.270 e. The Balaban J connectivity index is 2.47. The molecule has 2 aromatic rings. The van der Waals surface area contributed by atoms with Crippen molar-refractivity contribution in [3.8, 4) is 0 Å². The zero-order valence-corrected chi connectivity index (χ0v) is 12.1. The van der Waals surface area contributed by atoms with Gasteiger partial charge in [0.25, 0.3) is 15.7 Å². The molecule has 1 heterocycles. The van der Waals surface area contributed by atoms with Crippen molar-refractivity contribution in [3.63, 3.8) is 0 Å². The first-order valence-electron chi connectivity index (χ1n) is 5.81. The fourth-order valence-electron chi connectivity index (χ4n) is 1.74. The summed E-state index contributed by atoms with van der Waals surface area (Å²) in [7, 11) is -0.794. The number of hydrogen-bond donors (Lipinski definition) is 2. The van der Waals surface area contributed by atoms with Crippen LogP contribution < -0.4 is 10.0 Å². The van der Waals surface area contributed by atoms with E-state index in [1.54, 1.807) is 7.05 Å². The van der Waals surface area contributed by atoms with E-state index in [1.807, 2.05) is 0 Å². The van der Waals surface area contributed by atoms with Crippen LogP contribution in [0.5, 0.6) is 0 Å². The monoisotopic (exact) mass is 311 g/mol. The van der Waals surface area contributed by atoms with Crippen LogP contribution in [-0.2, 0) is 17.1 Å². The third kappa shape index (κ3) is 3.11. The van der Waals surface area contributed by atoms with Gasteiger partial charge in [0, 0.05) is 32.4 Å². The minimum atomic E-state index is -3.97. The molecule has 0 amide bonds. The third-order valence-electron chi connectivity index (χ3n) is 2.69. The van der Waals surface area contributed by atoms with E-state index in [2.05, 4.69) is 15.1 Å². The number of sulfonamides is 1. The van der Waals surface area contributed by atoms with Gasteiger partial charge in [-0.15, -0.1) is 0 Å². The van der Waals surface area contributed by atoms with Gasteiger partial charge in [0.05, 0.1) is 22.5 Å².